The van der Waals surface area contributed by atoms with Crippen molar-refractivity contribution in [3.05, 3.63) is 21.9 Å². The summed E-state index contributed by atoms with van der Waals surface area (Å²) in [4.78, 5) is 26.2. The number of amides is 1. The number of nitrogens with zero attached hydrogens (tertiary/aromatic N) is 1. The normalized spacial score (nSPS) is 12.2. The minimum atomic E-state index is -0.876. The molecule has 0 saturated heterocycles. The van der Waals surface area contributed by atoms with E-state index in [1.165, 1.54) is 11.3 Å². The lowest BCUT2D eigenvalue weighted by molar-refractivity contribution is -0.141. The number of hydrogen-bond donors (Lipinski definition) is 1. The number of carboxylic acids is 1. The number of thiophene rings is 1. The van der Waals surface area contributed by atoms with Gasteiger partial charge in [0.1, 0.15) is 0 Å². The predicted octanol–water partition coefficient (Wildman–Crippen LogP) is 2.24. The Kier molecular flexibility index (Phi) is 4.69. The number of aryl methyl sites for hydroxylation is 1. The fourth-order valence-electron chi connectivity index (χ4n) is 1.47. The summed E-state index contributed by atoms with van der Waals surface area (Å²) in [5.74, 6) is -1.50. The van der Waals surface area contributed by atoms with Crippen LogP contribution in [0.2, 0.25) is 0 Å². The van der Waals surface area contributed by atoms with Gasteiger partial charge in [0.15, 0.2) is 0 Å². The highest BCUT2D eigenvalue weighted by atomic mass is 32.1. The molecule has 0 spiro atoms. The van der Waals surface area contributed by atoms with E-state index in [2.05, 4.69) is 0 Å². The third kappa shape index (κ3) is 3.56. The van der Waals surface area contributed by atoms with Gasteiger partial charge in [0.25, 0.3) is 5.91 Å². The summed E-state index contributed by atoms with van der Waals surface area (Å²) in [6.45, 7) is 6.18. The quantitative estimate of drug-likeness (QED) is 0.877. The van der Waals surface area contributed by atoms with E-state index < -0.39 is 11.9 Å². The Balaban J connectivity index is 2.74. The molecule has 17 heavy (non-hydrogen) atoms. The summed E-state index contributed by atoms with van der Waals surface area (Å²) < 4.78 is 0. The lowest BCUT2D eigenvalue weighted by atomic mass is 10.1. The molecule has 1 aromatic rings. The summed E-state index contributed by atoms with van der Waals surface area (Å²) in [5.41, 5.74) is 0. The third-order valence-corrected chi connectivity index (χ3v) is 3.52. The van der Waals surface area contributed by atoms with E-state index in [0.717, 1.165) is 4.88 Å². The maximum Gasteiger partial charge on any atom is 0.308 e. The molecule has 1 N–H and O–H groups in total. The van der Waals surface area contributed by atoms with Crippen molar-refractivity contribution in [2.45, 2.75) is 20.8 Å². The second-order valence-electron chi connectivity index (χ2n) is 3.99. The van der Waals surface area contributed by atoms with E-state index in [1.807, 2.05) is 19.9 Å². The van der Waals surface area contributed by atoms with E-state index in [0.29, 0.717) is 11.4 Å². The molecular formula is C12H17NO3S. The summed E-state index contributed by atoms with van der Waals surface area (Å²) in [6.07, 6.45) is 0. The van der Waals surface area contributed by atoms with E-state index in [-0.39, 0.29) is 12.5 Å². The monoisotopic (exact) mass is 255 g/mol. The molecule has 1 heterocycles. The minimum absolute atomic E-state index is 0.0845. The van der Waals surface area contributed by atoms with Crippen LogP contribution in [-0.4, -0.2) is 35.0 Å². The molecule has 0 aliphatic rings. The number of carbonyl (C=O) groups is 2. The van der Waals surface area contributed by atoms with E-state index in [1.54, 1.807) is 17.9 Å². The van der Waals surface area contributed by atoms with Crippen LogP contribution >= 0.6 is 11.3 Å². The van der Waals surface area contributed by atoms with Gasteiger partial charge in [-0.1, -0.05) is 6.92 Å². The molecule has 0 aromatic carbocycles. The van der Waals surface area contributed by atoms with E-state index >= 15 is 0 Å². The molecular weight excluding hydrogens is 238 g/mol. The summed E-state index contributed by atoms with van der Waals surface area (Å²) in [6, 6.07) is 3.68. The standard InChI is InChI=1S/C12H17NO3S/c1-4-13(7-8(2)12(15)16)11(14)10-6-5-9(3)17-10/h5-6,8H,4,7H2,1-3H3,(H,15,16). The average molecular weight is 255 g/mol. The molecule has 0 aliphatic carbocycles. The maximum atomic E-state index is 12.1. The van der Waals surface area contributed by atoms with Gasteiger partial charge in [0, 0.05) is 18.0 Å². The number of hydrogen-bond acceptors (Lipinski definition) is 3. The highest BCUT2D eigenvalue weighted by Crippen LogP contribution is 2.17. The molecule has 0 bridgehead atoms. The molecule has 94 valence electrons. The van der Waals surface area contributed by atoms with Crippen molar-refractivity contribution in [2.75, 3.05) is 13.1 Å². The summed E-state index contributed by atoms with van der Waals surface area (Å²) in [5, 5.41) is 8.85. The molecule has 0 aliphatic heterocycles. The van der Waals surface area contributed by atoms with E-state index in [4.69, 9.17) is 5.11 Å². The number of carbonyl (C=O) groups excluding carboxylic acids is 1. The van der Waals surface area contributed by atoms with Gasteiger partial charge in [0.05, 0.1) is 10.8 Å². The first-order valence-electron chi connectivity index (χ1n) is 5.54. The van der Waals surface area contributed by atoms with Crippen molar-refractivity contribution in [2.24, 2.45) is 5.92 Å². The van der Waals surface area contributed by atoms with Gasteiger partial charge in [0.2, 0.25) is 0 Å². The van der Waals surface area contributed by atoms with E-state index in [9.17, 15) is 9.59 Å². The molecule has 5 heteroatoms. The van der Waals surface area contributed by atoms with Crippen LogP contribution in [0.15, 0.2) is 12.1 Å². The van der Waals surface area contributed by atoms with Crippen LogP contribution in [-0.2, 0) is 4.79 Å². The zero-order valence-electron chi connectivity index (χ0n) is 10.3. The van der Waals surface area contributed by atoms with Crippen LogP contribution in [0.25, 0.3) is 0 Å². The van der Waals surface area contributed by atoms with Crippen LogP contribution in [0.4, 0.5) is 0 Å². The average Bonchev–Trinajstić information content (AvgIpc) is 2.71. The fraction of sp³-hybridized carbons (Fsp3) is 0.500. The Morgan fingerprint density at radius 2 is 2.12 bits per heavy atom. The zero-order chi connectivity index (χ0) is 13.0. The molecule has 0 fully saturated rings. The molecule has 1 atom stereocenters. The summed E-state index contributed by atoms with van der Waals surface area (Å²) >= 11 is 1.44. The van der Waals surface area contributed by atoms with Gasteiger partial charge in [-0.2, -0.15) is 0 Å². The van der Waals surface area contributed by atoms with Crippen molar-refractivity contribution in [1.82, 2.24) is 4.90 Å². The largest absolute Gasteiger partial charge is 0.481 e. The highest BCUT2D eigenvalue weighted by molar-refractivity contribution is 7.13. The molecule has 1 amide bonds. The van der Waals surface area contributed by atoms with Gasteiger partial charge in [-0.25, -0.2) is 0 Å². The van der Waals surface area contributed by atoms with Crippen molar-refractivity contribution in [1.29, 1.82) is 0 Å². The van der Waals surface area contributed by atoms with Gasteiger partial charge >= 0.3 is 5.97 Å². The smallest absolute Gasteiger partial charge is 0.308 e. The first-order valence-corrected chi connectivity index (χ1v) is 6.35. The lowest BCUT2D eigenvalue weighted by Gasteiger charge is -2.22. The number of carboxylic acid groups (broad SMARTS) is 1. The Labute approximate surface area is 105 Å². The third-order valence-electron chi connectivity index (χ3n) is 2.54. The lowest BCUT2D eigenvalue weighted by Crippen LogP contribution is -2.36. The van der Waals surface area contributed by atoms with Gasteiger partial charge < -0.3 is 10.0 Å². The Morgan fingerprint density at radius 1 is 1.47 bits per heavy atom. The number of rotatable bonds is 5. The zero-order valence-corrected chi connectivity index (χ0v) is 11.1. The number of aliphatic carboxylic acids is 1. The molecule has 0 saturated carbocycles. The molecule has 0 radical (unpaired) electrons. The molecule has 1 rings (SSSR count). The molecule has 1 aromatic heterocycles. The summed E-state index contributed by atoms with van der Waals surface area (Å²) in [7, 11) is 0. The van der Waals surface area contributed by atoms with Crippen LogP contribution in [0.1, 0.15) is 28.4 Å². The molecule has 1 unspecified atom stereocenters. The second-order valence-corrected chi connectivity index (χ2v) is 5.28. The van der Waals surface area contributed by atoms with Crippen molar-refractivity contribution in [3.63, 3.8) is 0 Å². The topological polar surface area (TPSA) is 57.6 Å². The second kappa shape index (κ2) is 5.82. The Bertz CT molecular complexity index is 414. The van der Waals surface area contributed by atoms with Crippen LogP contribution in [0.3, 0.4) is 0 Å². The van der Waals surface area contributed by atoms with Gasteiger partial charge in [-0.3, -0.25) is 9.59 Å². The predicted molar refractivity (Wildman–Crippen MR) is 67.4 cm³/mol. The SMILES string of the molecule is CCN(CC(C)C(=O)O)C(=O)c1ccc(C)s1. The first-order chi connectivity index (χ1) is 7.95. The van der Waals surface area contributed by atoms with Crippen LogP contribution < -0.4 is 0 Å². The Morgan fingerprint density at radius 3 is 2.53 bits per heavy atom. The van der Waals surface area contributed by atoms with Crippen molar-refractivity contribution in [3.8, 4) is 0 Å². The first kappa shape index (κ1) is 13.7. The van der Waals surface area contributed by atoms with Crippen LogP contribution in [0, 0.1) is 12.8 Å². The maximum absolute atomic E-state index is 12.1. The van der Waals surface area contributed by atoms with Crippen molar-refractivity contribution < 1.29 is 14.7 Å². The Hall–Kier alpha value is -1.36. The van der Waals surface area contributed by atoms with Gasteiger partial charge in [-0.15, -0.1) is 11.3 Å². The minimum Gasteiger partial charge on any atom is -0.481 e. The van der Waals surface area contributed by atoms with Gasteiger partial charge in [-0.05, 0) is 26.0 Å². The molecule has 4 nitrogen and oxygen atoms in total. The van der Waals surface area contributed by atoms with Crippen molar-refractivity contribution >= 4 is 23.2 Å². The highest BCUT2D eigenvalue weighted by Gasteiger charge is 2.21. The fourth-order valence-corrected chi connectivity index (χ4v) is 2.31. The van der Waals surface area contributed by atoms with Crippen LogP contribution in [0.5, 0.6) is 0 Å².